The Morgan fingerprint density at radius 3 is 2.18 bits per heavy atom. The van der Waals surface area contributed by atoms with Gasteiger partial charge in [0.15, 0.2) is 0 Å². The largest absolute Gasteiger partial charge is 0.313 e. The Kier molecular flexibility index (Phi) is 4.75. The number of benzene rings is 1. The van der Waals surface area contributed by atoms with Crippen LogP contribution in [0.4, 0.5) is 8.78 Å². The van der Waals surface area contributed by atoms with Crippen LogP contribution in [0.25, 0.3) is 0 Å². The minimum absolute atomic E-state index is 0.108. The smallest absolute Gasteiger partial charge is 0.138 e. The first-order chi connectivity index (χ1) is 7.90. The molecule has 94 valence electrons. The van der Waals surface area contributed by atoms with Gasteiger partial charge in [-0.05, 0) is 24.6 Å². The minimum Gasteiger partial charge on any atom is -0.313 e. The first-order valence-corrected chi connectivity index (χ1v) is 5.60. The summed E-state index contributed by atoms with van der Waals surface area (Å²) in [5.41, 5.74) is 0.378. The number of carbonyl (C=O) groups is 1. The standard InChI is InChI=1S/C13H17F2NO/c1-8(2)16-7-13(9(3)17)10-4-11(14)6-12(15)5-10/h4-6,8,13,16H,7H2,1-3H3. The summed E-state index contributed by atoms with van der Waals surface area (Å²) in [6, 6.07) is 3.43. The second kappa shape index (κ2) is 5.87. The van der Waals surface area contributed by atoms with Crippen molar-refractivity contribution in [3.8, 4) is 0 Å². The monoisotopic (exact) mass is 241 g/mol. The fourth-order valence-corrected chi connectivity index (χ4v) is 1.63. The van der Waals surface area contributed by atoms with Crippen LogP contribution < -0.4 is 5.32 Å². The quantitative estimate of drug-likeness (QED) is 0.858. The molecule has 0 aliphatic heterocycles. The number of rotatable bonds is 5. The van der Waals surface area contributed by atoms with Gasteiger partial charge in [-0.15, -0.1) is 0 Å². The van der Waals surface area contributed by atoms with Crippen LogP contribution in [0.3, 0.4) is 0 Å². The maximum Gasteiger partial charge on any atom is 0.138 e. The topological polar surface area (TPSA) is 29.1 Å². The van der Waals surface area contributed by atoms with Crippen molar-refractivity contribution in [2.45, 2.75) is 32.7 Å². The third-order valence-corrected chi connectivity index (χ3v) is 2.51. The highest BCUT2D eigenvalue weighted by Gasteiger charge is 2.18. The first kappa shape index (κ1) is 13.8. The maximum absolute atomic E-state index is 13.1. The summed E-state index contributed by atoms with van der Waals surface area (Å²) >= 11 is 0. The van der Waals surface area contributed by atoms with E-state index in [1.165, 1.54) is 19.1 Å². The lowest BCUT2D eigenvalue weighted by molar-refractivity contribution is -0.118. The van der Waals surface area contributed by atoms with Gasteiger partial charge in [0.25, 0.3) is 0 Å². The molecule has 0 bridgehead atoms. The fourth-order valence-electron chi connectivity index (χ4n) is 1.63. The summed E-state index contributed by atoms with van der Waals surface area (Å²) in [5.74, 6) is -1.93. The lowest BCUT2D eigenvalue weighted by atomic mass is 9.95. The number of hydrogen-bond donors (Lipinski definition) is 1. The van der Waals surface area contributed by atoms with E-state index in [0.29, 0.717) is 12.1 Å². The third kappa shape index (κ3) is 4.23. The molecular formula is C13H17F2NO. The molecule has 0 aromatic heterocycles. The molecule has 0 aliphatic rings. The van der Waals surface area contributed by atoms with E-state index in [-0.39, 0.29) is 11.8 Å². The number of nitrogens with one attached hydrogen (secondary N) is 1. The van der Waals surface area contributed by atoms with Crippen LogP contribution in [0.15, 0.2) is 18.2 Å². The minimum atomic E-state index is -0.657. The van der Waals surface area contributed by atoms with Crippen LogP contribution in [-0.4, -0.2) is 18.4 Å². The van der Waals surface area contributed by atoms with Gasteiger partial charge >= 0.3 is 0 Å². The highest BCUT2D eigenvalue weighted by atomic mass is 19.1. The lowest BCUT2D eigenvalue weighted by Gasteiger charge is -2.17. The average molecular weight is 241 g/mol. The Labute approximate surface area is 100 Å². The van der Waals surface area contributed by atoms with E-state index in [0.717, 1.165) is 6.07 Å². The molecule has 0 saturated heterocycles. The second-order valence-corrected chi connectivity index (χ2v) is 4.43. The Morgan fingerprint density at radius 1 is 1.24 bits per heavy atom. The predicted molar refractivity (Wildman–Crippen MR) is 62.9 cm³/mol. The molecule has 0 amide bonds. The van der Waals surface area contributed by atoms with Gasteiger partial charge in [-0.25, -0.2) is 8.78 Å². The van der Waals surface area contributed by atoms with E-state index in [2.05, 4.69) is 5.32 Å². The van der Waals surface area contributed by atoms with Gasteiger partial charge in [0.05, 0.1) is 5.92 Å². The van der Waals surface area contributed by atoms with E-state index < -0.39 is 17.6 Å². The van der Waals surface area contributed by atoms with E-state index >= 15 is 0 Å². The van der Waals surface area contributed by atoms with Crippen LogP contribution in [0, 0.1) is 11.6 Å². The van der Waals surface area contributed by atoms with E-state index in [9.17, 15) is 13.6 Å². The van der Waals surface area contributed by atoms with Gasteiger partial charge in [0, 0.05) is 18.7 Å². The Hall–Kier alpha value is -1.29. The molecule has 0 radical (unpaired) electrons. The van der Waals surface area contributed by atoms with Gasteiger partial charge in [0.1, 0.15) is 17.4 Å². The molecular weight excluding hydrogens is 224 g/mol. The summed E-state index contributed by atoms with van der Waals surface area (Å²) in [4.78, 5) is 11.5. The van der Waals surface area contributed by atoms with Crippen molar-refractivity contribution >= 4 is 5.78 Å². The van der Waals surface area contributed by atoms with Gasteiger partial charge in [0.2, 0.25) is 0 Å². The SMILES string of the molecule is CC(=O)C(CNC(C)C)c1cc(F)cc(F)c1. The molecule has 1 aromatic carbocycles. The zero-order valence-corrected chi connectivity index (χ0v) is 10.3. The molecule has 1 rings (SSSR count). The zero-order valence-electron chi connectivity index (χ0n) is 10.3. The summed E-state index contributed by atoms with van der Waals surface area (Å²) in [5, 5.41) is 3.10. The fraction of sp³-hybridized carbons (Fsp3) is 0.462. The van der Waals surface area contributed by atoms with Crippen molar-refractivity contribution in [3.63, 3.8) is 0 Å². The molecule has 0 saturated carbocycles. The van der Waals surface area contributed by atoms with Crippen LogP contribution in [0.1, 0.15) is 32.3 Å². The van der Waals surface area contributed by atoms with Gasteiger partial charge < -0.3 is 5.32 Å². The zero-order chi connectivity index (χ0) is 13.0. The average Bonchev–Trinajstić information content (AvgIpc) is 2.14. The number of halogens is 2. The molecule has 1 unspecified atom stereocenters. The molecule has 0 aliphatic carbocycles. The molecule has 1 atom stereocenters. The molecule has 0 spiro atoms. The van der Waals surface area contributed by atoms with E-state index in [4.69, 9.17) is 0 Å². The molecule has 0 fully saturated rings. The van der Waals surface area contributed by atoms with Crippen LogP contribution in [0.2, 0.25) is 0 Å². The van der Waals surface area contributed by atoms with E-state index in [1.807, 2.05) is 13.8 Å². The number of ketones is 1. The lowest BCUT2D eigenvalue weighted by Crippen LogP contribution is -2.30. The summed E-state index contributed by atoms with van der Waals surface area (Å²) in [6.07, 6.45) is 0. The third-order valence-electron chi connectivity index (χ3n) is 2.51. The van der Waals surface area contributed by atoms with Gasteiger partial charge in [-0.3, -0.25) is 4.79 Å². The summed E-state index contributed by atoms with van der Waals surface area (Å²) in [7, 11) is 0. The van der Waals surface area contributed by atoms with Crippen molar-refractivity contribution < 1.29 is 13.6 Å². The Bertz CT molecular complexity index is 384. The highest BCUT2D eigenvalue weighted by molar-refractivity contribution is 5.83. The normalized spacial score (nSPS) is 12.8. The van der Waals surface area contributed by atoms with Crippen molar-refractivity contribution in [1.82, 2.24) is 5.32 Å². The number of carbonyl (C=O) groups excluding carboxylic acids is 1. The van der Waals surface area contributed by atoms with Crippen molar-refractivity contribution in [2.24, 2.45) is 0 Å². The Balaban J connectivity index is 2.93. The molecule has 1 aromatic rings. The van der Waals surface area contributed by atoms with Crippen LogP contribution >= 0.6 is 0 Å². The Morgan fingerprint density at radius 2 is 1.76 bits per heavy atom. The van der Waals surface area contributed by atoms with Crippen molar-refractivity contribution in [1.29, 1.82) is 0 Å². The summed E-state index contributed by atoms with van der Waals surface area (Å²) < 4.78 is 26.2. The predicted octanol–water partition coefficient (Wildman–Crippen LogP) is 2.64. The number of Topliss-reactive ketones (excluding diaryl/α,β-unsaturated/α-hetero) is 1. The molecule has 2 nitrogen and oxygen atoms in total. The second-order valence-electron chi connectivity index (χ2n) is 4.43. The highest BCUT2D eigenvalue weighted by Crippen LogP contribution is 2.19. The van der Waals surface area contributed by atoms with E-state index in [1.54, 1.807) is 0 Å². The molecule has 1 N–H and O–H groups in total. The molecule has 0 heterocycles. The van der Waals surface area contributed by atoms with Gasteiger partial charge in [-0.2, -0.15) is 0 Å². The molecule has 4 heteroatoms. The van der Waals surface area contributed by atoms with Crippen molar-refractivity contribution in [2.75, 3.05) is 6.54 Å². The molecule has 17 heavy (non-hydrogen) atoms. The van der Waals surface area contributed by atoms with Crippen LogP contribution in [0.5, 0.6) is 0 Å². The van der Waals surface area contributed by atoms with Gasteiger partial charge in [-0.1, -0.05) is 13.8 Å². The first-order valence-electron chi connectivity index (χ1n) is 5.60. The van der Waals surface area contributed by atoms with Crippen molar-refractivity contribution in [3.05, 3.63) is 35.4 Å². The van der Waals surface area contributed by atoms with Crippen LogP contribution in [-0.2, 0) is 4.79 Å². The summed E-state index contributed by atoms with van der Waals surface area (Å²) in [6.45, 7) is 5.71. The number of hydrogen-bond acceptors (Lipinski definition) is 2. The maximum atomic E-state index is 13.1.